The third kappa shape index (κ3) is 8.60. The Morgan fingerprint density at radius 1 is 1.09 bits per heavy atom. The molecule has 0 fully saturated rings. The molecule has 0 aliphatic rings. The van der Waals surface area contributed by atoms with E-state index in [1.165, 1.54) is 25.7 Å². The number of esters is 1. The van der Waals surface area contributed by atoms with Crippen LogP contribution in [0.15, 0.2) is 12.2 Å². The summed E-state index contributed by atoms with van der Waals surface area (Å²) in [6.07, 6.45) is 12.5. The second-order valence-corrected chi connectivity index (χ2v) is 7.75. The van der Waals surface area contributed by atoms with Gasteiger partial charge in [-0.25, -0.2) is 0 Å². The Labute approximate surface area is 138 Å². The predicted octanol–water partition coefficient (Wildman–Crippen LogP) is 6.30. The molecular weight excluding hydrogens is 272 g/mol. The smallest absolute Gasteiger partial charge is 0.309 e. The molecule has 0 N–H and O–H groups in total. The van der Waals surface area contributed by atoms with Crippen molar-refractivity contribution < 1.29 is 9.53 Å². The maximum atomic E-state index is 12.2. The monoisotopic (exact) mass is 310 g/mol. The Morgan fingerprint density at radius 2 is 1.64 bits per heavy atom. The van der Waals surface area contributed by atoms with E-state index >= 15 is 0 Å². The summed E-state index contributed by atoms with van der Waals surface area (Å²) in [5.41, 5.74) is -0.0352. The van der Waals surface area contributed by atoms with Crippen molar-refractivity contribution in [2.75, 3.05) is 0 Å². The van der Waals surface area contributed by atoms with Gasteiger partial charge in [0.2, 0.25) is 0 Å². The lowest BCUT2D eigenvalue weighted by molar-refractivity contribution is -0.159. The summed E-state index contributed by atoms with van der Waals surface area (Å²) in [5.74, 6) is -0.0710. The van der Waals surface area contributed by atoms with E-state index in [4.69, 9.17) is 4.74 Å². The Balaban J connectivity index is 4.75. The number of allylic oxidation sites excluding steroid dienone is 2. The third-order valence-electron chi connectivity index (χ3n) is 4.26. The Bertz CT molecular complexity index is 330. The summed E-state index contributed by atoms with van der Waals surface area (Å²) in [7, 11) is 0. The van der Waals surface area contributed by atoms with Crippen LogP contribution in [0.2, 0.25) is 0 Å². The molecule has 2 heteroatoms. The minimum atomic E-state index is -0.389. The minimum absolute atomic E-state index is 0.0158. The van der Waals surface area contributed by atoms with Gasteiger partial charge in [0.1, 0.15) is 5.60 Å². The molecule has 2 nitrogen and oxygen atoms in total. The van der Waals surface area contributed by atoms with Crippen molar-refractivity contribution >= 4 is 5.97 Å². The van der Waals surface area contributed by atoms with E-state index in [1.54, 1.807) is 0 Å². The predicted molar refractivity (Wildman–Crippen MR) is 95.9 cm³/mol. The van der Waals surface area contributed by atoms with Gasteiger partial charge in [-0.05, 0) is 65.2 Å². The van der Waals surface area contributed by atoms with Crippen LogP contribution in [0.25, 0.3) is 0 Å². The van der Waals surface area contributed by atoms with Crippen LogP contribution in [-0.2, 0) is 9.53 Å². The molecule has 0 aliphatic carbocycles. The number of hydrogen-bond donors (Lipinski definition) is 0. The topological polar surface area (TPSA) is 26.3 Å². The van der Waals surface area contributed by atoms with Gasteiger partial charge in [-0.1, -0.05) is 45.8 Å². The van der Waals surface area contributed by atoms with Gasteiger partial charge < -0.3 is 4.74 Å². The standard InChI is InChI=1S/C20H38O2/c1-8-11-15-20(13-9-2,14-10-3)16-12-17(4)18(21)22-19(5,6)7/h8,11,17H,9-10,12-16H2,1-7H3. The van der Waals surface area contributed by atoms with Gasteiger partial charge >= 0.3 is 5.97 Å². The molecule has 0 aliphatic heterocycles. The van der Waals surface area contributed by atoms with E-state index < -0.39 is 0 Å². The molecule has 0 amide bonds. The normalized spacial score (nSPS) is 14.3. The van der Waals surface area contributed by atoms with Crippen LogP contribution in [0, 0.1) is 11.3 Å². The van der Waals surface area contributed by atoms with E-state index in [0.717, 1.165) is 19.3 Å². The third-order valence-corrected chi connectivity index (χ3v) is 4.26. The second-order valence-electron chi connectivity index (χ2n) is 7.75. The number of carbonyl (C=O) groups is 1. The van der Waals surface area contributed by atoms with E-state index in [1.807, 2.05) is 27.7 Å². The first-order chi connectivity index (χ1) is 10.2. The number of rotatable bonds is 10. The summed E-state index contributed by atoms with van der Waals surface area (Å²) in [6.45, 7) is 14.4. The molecule has 0 spiro atoms. The zero-order valence-electron chi connectivity index (χ0n) is 16.0. The molecule has 0 aromatic heterocycles. The molecule has 0 saturated carbocycles. The average molecular weight is 311 g/mol. The van der Waals surface area contributed by atoms with Gasteiger partial charge in [0, 0.05) is 0 Å². The molecule has 0 heterocycles. The quantitative estimate of drug-likeness (QED) is 0.350. The average Bonchev–Trinajstić information content (AvgIpc) is 2.41. The zero-order chi connectivity index (χ0) is 17.2. The summed E-state index contributed by atoms with van der Waals surface area (Å²) in [6, 6.07) is 0. The van der Waals surface area contributed by atoms with Crippen LogP contribution in [0.1, 0.15) is 93.4 Å². The first-order valence-electron chi connectivity index (χ1n) is 9.03. The fourth-order valence-electron chi connectivity index (χ4n) is 3.15. The SMILES string of the molecule is CC=CCC(CCC)(CCC)CCC(C)C(=O)OC(C)(C)C. The molecule has 130 valence electrons. The maximum absolute atomic E-state index is 12.2. The highest BCUT2D eigenvalue weighted by molar-refractivity contribution is 5.72. The van der Waals surface area contributed by atoms with Gasteiger partial charge in [-0.15, -0.1) is 0 Å². The molecule has 1 unspecified atom stereocenters. The van der Waals surface area contributed by atoms with Crippen molar-refractivity contribution in [1.82, 2.24) is 0 Å². The summed E-state index contributed by atoms with van der Waals surface area (Å²) in [5, 5.41) is 0. The van der Waals surface area contributed by atoms with Crippen molar-refractivity contribution in [3.63, 3.8) is 0 Å². The highest BCUT2D eigenvalue weighted by atomic mass is 16.6. The van der Waals surface area contributed by atoms with Gasteiger partial charge in [0.15, 0.2) is 0 Å². The Kier molecular flexibility index (Phi) is 9.71. The number of ether oxygens (including phenoxy) is 1. The zero-order valence-corrected chi connectivity index (χ0v) is 16.0. The number of hydrogen-bond acceptors (Lipinski definition) is 2. The molecule has 1 atom stereocenters. The number of carbonyl (C=O) groups excluding carboxylic acids is 1. The highest BCUT2D eigenvalue weighted by Crippen LogP contribution is 2.40. The lowest BCUT2D eigenvalue weighted by Gasteiger charge is -2.34. The minimum Gasteiger partial charge on any atom is -0.460 e. The van der Waals surface area contributed by atoms with Gasteiger partial charge in [-0.3, -0.25) is 4.79 Å². The largest absolute Gasteiger partial charge is 0.460 e. The molecule has 0 aromatic carbocycles. The van der Waals surface area contributed by atoms with Crippen molar-refractivity contribution in [3.05, 3.63) is 12.2 Å². The van der Waals surface area contributed by atoms with Crippen molar-refractivity contribution in [3.8, 4) is 0 Å². The second kappa shape index (κ2) is 10.1. The molecule has 0 radical (unpaired) electrons. The van der Waals surface area contributed by atoms with Crippen LogP contribution in [0.5, 0.6) is 0 Å². The van der Waals surface area contributed by atoms with E-state index in [9.17, 15) is 4.79 Å². The molecular formula is C20H38O2. The maximum Gasteiger partial charge on any atom is 0.309 e. The van der Waals surface area contributed by atoms with Gasteiger partial charge in [0.05, 0.1) is 5.92 Å². The molecule has 0 bridgehead atoms. The van der Waals surface area contributed by atoms with E-state index in [2.05, 4.69) is 32.9 Å². The van der Waals surface area contributed by atoms with Crippen LogP contribution < -0.4 is 0 Å². The Hall–Kier alpha value is -0.790. The van der Waals surface area contributed by atoms with Crippen LogP contribution >= 0.6 is 0 Å². The van der Waals surface area contributed by atoms with Crippen molar-refractivity contribution in [2.45, 2.75) is 99.0 Å². The van der Waals surface area contributed by atoms with Crippen LogP contribution in [-0.4, -0.2) is 11.6 Å². The fraction of sp³-hybridized carbons (Fsp3) is 0.850. The summed E-state index contributed by atoms with van der Waals surface area (Å²) < 4.78 is 5.51. The molecule has 0 aromatic rings. The van der Waals surface area contributed by atoms with E-state index in [0.29, 0.717) is 5.41 Å². The lowest BCUT2D eigenvalue weighted by atomic mass is 9.72. The first-order valence-corrected chi connectivity index (χ1v) is 9.03. The molecule has 22 heavy (non-hydrogen) atoms. The van der Waals surface area contributed by atoms with Crippen molar-refractivity contribution in [1.29, 1.82) is 0 Å². The lowest BCUT2D eigenvalue weighted by Crippen LogP contribution is -2.29. The summed E-state index contributed by atoms with van der Waals surface area (Å²) in [4.78, 5) is 12.2. The Morgan fingerprint density at radius 3 is 2.05 bits per heavy atom. The molecule has 0 rings (SSSR count). The van der Waals surface area contributed by atoms with E-state index in [-0.39, 0.29) is 17.5 Å². The molecule has 0 saturated heterocycles. The first kappa shape index (κ1) is 21.2. The van der Waals surface area contributed by atoms with Gasteiger partial charge in [-0.2, -0.15) is 0 Å². The van der Waals surface area contributed by atoms with Gasteiger partial charge in [0.25, 0.3) is 0 Å². The van der Waals surface area contributed by atoms with Crippen LogP contribution in [0.4, 0.5) is 0 Å². The summed E-state index contributed by atoms with van der Waals surface area (Å²) >= 11 is 0. The fourth-order valence-corrected chi connectivity index (χ4v) is 3.15. The highest BCUT2D eigenvalue weighted by Gasteiger charge is 2.29. The van der Waals surface area contributed by atoms with Crippen LogP contribution in [0.3, 0.4) is 0 Å². The van der Waals surface area contributed by atoms with Crippen molar-refractivity contribution in [2.24, 2.45) is 11.3 Å².